The van der Waals surface area contributed by atoms with Gasteiger partial charge in [-0.25, -0.2) is 0 Å². The Bertz CT molecular complexity index is 6.00. The fourth-order valence-corrected chi connectivity index (χ4v) is 0. The topological polar surface area (TPSA) is 0 Å². The number of hydrogen-bond acceptors (Lipinski definition) is 0. The molecule has 0 heterocycles. The molecule has 4 heavy (non-hydrogen) atoms. The molecule has 0 rings (SSSR count). The van der Waals surface area contributed by atoms with E-state index >= 15 is 0 Å². The number of hydrogen-bond donors (Lipinski definition) is 0. The normalized spacial score (nSPS) is 1.75. The minimum absolute atomic E-state index is 0. The summed E-state index contributed by atoms with van der Waals surface area (Å²) in [7, 11) is 0. The summed E-state index contributed by atoms with van der Waals surface area (Å²) in [6.45, 7) is 0. The zero-order valence-electron chi connectivity index (χ0n) is 2.10. The van der Waals surface area contributed by atoms with E-state index in [0.29, 0.717) is 0 Å². The van der Waals surface area contributed by atoms with Crippen LogP contribution in [0.1, 0.15) is 0 Å². The Labute approximate surface area is 75.1 Å². The predicted octanol–water partition coefficient (Wildman–Crippen LogP) is -1.19. The van der Waals surface area contributed by atoms with Gasteiger partial charge >= 0.3 is 42.5 Å². The summed E-state index contributed by atoms with van der Waals surface area (Å²) in [6, 6.07) is 0. The second-order valence-corrected chi connectivity index (χ2v) is 0. The zero-order chi connectivity index (χ0) is 2.00. The van der Waals surface area contributed by atoms with Crippen molar-refractivity contribution in [2.75, 3.05) is 0 Å². The third kappa shape index (κ3) is 8.82. The Morgan fingerprint density at radius 3 is 1.00 bits per heavy atom. The van der Waals surface area contributed by atoms with Crippen LogP contribution in [0.15, 0.2) is 0 Å². The Kier molecular flexibility index (Phi) is 69.9. The van der Waals surface area contributed by atoms with Crippen molar-refractivity contribution in [2.24, 2.45) is 0 Å². The quantitative estimate of drug-likeness (QED) is 0.494. The molecule has 0 nitrogen and oxygen atoms in total. The summed E-state index contributed by atoms with van der Waals surface area (Å²) >= 11 is 1.44. The van der Waals surface area contributed by atoms with Crippen LogP contribution >= 0.6 is 0 Å². The first-order valence-electron chi connectivity index (χ1n) is 0.500. The van der Waals surface area contributed by atoms with Crippen molar-refractivity contribution in [2.45, 2.75) is 0 Å². The summed E-state index contributed by atoms with van der Waals surface area (Å²) in [5.74, 6) is 0. The van der Waals surface area contributed by atoms with Gasteiger partial charge in [-0.15, -0.1) is 0 Å². The summed E-state index contributed by atoms with van der Waals surface area (Å²) in [5, 5.41) is 0. The Hall–Kier alpha value is 2.61. The van der Waals surface area contributed by atoms with Gasteiger partial charge in [0.1, 0.15) is 0 Å². The van der Waals surface area contributed by atoms with Gasteiger partial charge in [0.2, 0.25) is 0 Å². The fourth-order valence-electron chi connectivity index (χ4n) is 0. The molecule has 0 aliphatic heterocycles. The molecule has 33 valence electrons. The van der Waals surface area contributed by atoms with Gasteiger partial charge in [0.15, 0.2) is 0 Å². The van der Waals surface area contributed by atoms with Gasteiger partial charge in [0, 0.05) is 34.1 Å². The van der Waals surface area contributed by atoms with Gasteiger partial charge in [-0.05, 0) is 0 Å². The second kappa shape index (κ2) is 17.5. The van der Waals surface area contributed by atoms with Gasteiger partial charge in [0.25, 0.3) is 0 Å². The first-order chi connectivity index (χ1) is 1.00. The van der Waals surface area contributed by atoms with Crippen LogP contribution in [0.5, 0.6) is 0 Å². The summed E-state index contributed by atoms with van der Waals surface area (Å²) in [4.78, 5) is 1.44. The van der Waals surface area contributed by atoms with Crippen molar-refractivity contribution < 1.29 is 71.8 Å². The molecule has 0 aliphatic carbocycles. The molecule has 0 aromatic heterocycles. The molecule has 0 aromatic carbocycles. The number of rotatable bonds is 0. The predicted molar refractivity (Wildman–Crippen MR) is 9.94 cm³/mol. The van der Waals surface area contributed by atoms with Gasteiger partial charge in [-0.1, -0.05) is 0 Å². The van der Waals surface area contributed by atoms with E-state index in [-0.39, 0.29) is 34.1 Å². The average Bonchev–Trinajstić information content (AvgIpc) is 1.00. The van der Waals surface area contributed by atoms with Crippen molar-refractivity contribution >= 4 is 4.83 Å². The SMILES string of the molecule is [Cu].[Cu].[SiH3][Nd]. The molecule has 2 radical (unpaired) electrons. The summed E-state index contributed by atoms with van der Waals surface area (Å²) < 4.78 is 0. The van der Waals surface area contributed by atoms with E-state index < -0.39 is 0 Å². The van der Waals surface area contributed by atoms with Crippen LogP contribution in [0, 0.1) is 37.7 Å². The molecule has 0 aromatic rings. The Morgan fingerprint density at radius 2 is 1.00 bits per heavy atom. The van der Waals surface area contributed by atoms with E-state index in [4.69, 9.17) is 0 Å². The van der Waals surface area contributed by atoms with Crippen molar-refractivity contribution in [1.82, 2.24) is 0 Å². The van der Waals surface area contributed by atoms with Crippen LogP contribution in [-0.4, -0.2) is 4.83 Å². The molecule has 4 heteroatoms. The molecule has 0 aliphatic rings. The molecule has 0 saturated carbocycles. The van der Waals surface area contributed by atoms with E-state index in [9.17, 15) is 0 Å². The standard InChI is InChI=1S/2Cu.Nd.H3Si/h;;;1H3. The van der Waals surface area contributed by atoms with Crippen molar-refractivity contribution in [3.8, 4) is 0 Å². The van der Waals surface area contributed by atoms with Gasteiger partial charge in [-0.2, -0.15) is 0 Å². The Morgan fingerprint density at radius 1 is 1.00 bits per heavy atom. The average molecular weight is 302 g/mol. The van der Waals surface area contributed by atoms with E-state index in [1.54, 1.807) is 0 Å². The van der Waals surface area contributed by atoms with Crippen LogP contribution in [0.4, 0.5) is 0 Å². The van der Waals surface area contributed by atoms with Gasteiger partial charge in [0.05, 0.1) is 0 Å². The van der Waals surface area contributed by atoms with Crippen molar-refractivity contribution in [3.05, 3.63) is 0 Å². The van der Waals surface area contributed by atoms with E-state index in [2.05, 4.69) is 0 Å². The monoisotopic (exact) mass is 299 g/mol. The molecule has 0 fully saturated rings. The first-order valence-corrected chi connectivity index (χ1v) is 11.1. The third-order valence-corrected chi connectivity index (χ3v) is 0. The van der Waals surface area contributed by atoms with Crippen molar-refractivity contribution in [1.29, 1.82) is 0 Å². The third-order valence-electron chi connectivity index (χ3n) is 0. The molecular formula is H3Cu2NdSi. The van der Waals surface area contributed by atoms with Crippen LogP contribution < -0.4 is 0 Å². The van der Waals surface area contributed by atoms with E-state index in [1.165, 1.54) is 42.5 Å². The molecule has 0 atom stereocenters. The molecule has 0 amide bonds. The van der Waals surface area contributed by atoms with Crippen LogP contribution in [0.25, 0.3) is 0 Å². The molecule has 0 spiro atoms. The van der Waals surface area contributed by atoms with E-state index in [0.717, 1.165) is 0 Å². The maximum atomic E-state index is 1.44. The fraction of sp³-hybridized carbons (Fsp3) is 0. The molecule has 0 unspecified atom stereocenters. The Balaban J connectivity index is -0.00000000500. The van der Waals surface area contributed by atoms with Crippen LogP contribution in [-0.2, 0) is 34.1 Å². The second-order valence-electron chi connectivity index (χ2n) is 0. The van der Waals surface area contributed by atoms with Crippen LogP contribution in [0.2, 0.25) is 0 Å². The van der Waals surface area contributed by atoms with E-state index in [1.807, 2.05) is 0 Å². The van der Waals surface area contributed by atoms with Crippen LogP contribution in [0.3, 0.4) is 0 Å². The molecule has 0 saturated heterocycles. The first kappa shape index (κ1) is 16.0. The molecule has 0 bridgehead atoms. The van der Waals surface area contributed by atoms with Gasteiger partial charge in [-0.3, -0.25) is 0 Å². The molecule has 0 N–H and O–H groups in total. The molecular weight excluding hydrogens is 299 g/mol. The summed E-state index contributed by atoms with van der Waals surface area (Å²) in [6.07, 6.45) is 0. The summed E-state index contributed by atoms with van der Waals surface area (Å²) in [5.41, 5.74) is 0. The maximum absolute atomic E-state index is 1.44. The zero-order valence-corrected chi connectivity index (χ0v) is 9.19. The minimum atomic E-state index is 0. The van der Waals surface area contributed by atoms with Gasteiger partial charge < -0.3 is 0 Å². The van der Waals surface area contributed by atoms with Crippen molar-refractivity contribution in [3.63, 3.8) is 0 Å².